The molecule has 0 aromatic heterocycles. The molecule has 1 aromatic carbocycles. The summed E-state index contributed by atoms with van der Waals surface area (Å²) in [5.74, 6) is -1.31. The predicted octanol–water partition coefficient (Wildman–Crippen LogP) is 2.41. The lowest BCUT2D eigenvalue weighted by atomic mass is 10.1. The average molecular weight is 252 g/mol. The van der Waals surface area contributed by atoms with E-state index in [1.807, 2.05) is 20.8 Å². The molecule has 1 rings (SSSR count). The number of benzene rings is 1. The van der Waals surface area contributed by atoms with Crippen LogP contribution in [0.4, 0.5) is 14.5 Å². The summed E-state index contributed by atoms with van der Waals surface area (Å²) in [6.45, 7) is 5.61. The summed E-state index contributed by atoms with van der Waals surface area (Å²) in [7, 11) is 0. The summed E-state index contributed by atoms with van der Waals surface area (Å²) in [6.07, 6.45) is 1.71. The largest absolute Gasteiger partial charge is 0.351 e. The quantitative estimate of drug-likeness (QED) is 0.349. The molecular weight excluding hydrogens is 238 g/mol. The van der Waals surface area contributed by atoms with E-state index in [2.05, 4.69) is 15.6 Å². The zero-order valence-electron chi connectivity index (χ0n) is 10.4. The van der Waals surface area contributed by atoms with E-state index in [4.69, 9.17) is 5.26 Å². The molecule has 0 aliphatic heterocycles. The number of nitriles is 1. The molecule has 2 N–H and O–H groups in total. The van der Waals surface area contributed by atoms with E-state index in [1.165, 1.54) is 0 Å². The minimum Gasteiger partial charge on any atom is -0.351 e. The van der Waals surface area contributed by atoms with Gasteiger partial charge < -0.3 is 5.32 Å². The molecule has 0 heterocycles. The Balaban J connectivity index is 3.04. The van der Waals surface area contributed by atoms with Crippen LogP contribution < -0.4 is 10.6 Å². The number of halogens is 2. The number of nitrogens with zero attached hydrogens (tertiary/aromatic N) is 2. The molecule has 0 atom stereocenters. The average Bonchev–Trinajstić information content (AvgIpc) is 2.12. The lowest BCUT2D eigenvalue weighted by Crippen LogP contribution is -2.46. The molecule has 0 spiro atoms. The van der Waals surface area contributed by atoms with Gasteiger partial charge in [-0.15, -0.1) is 0 Å². The monoisotopic (exact) mass is 252 g/mol. The van der Waals surface area contributed by atoms with E-state index in [0.717, 1.165) is 18.2 Å². The Kier molecular flexibility index (Phi) is 4.21. The molecular formula is C12H14F2N4. The van der Waals surface area contributed by atoms with E-state index in [-0.39, 0.29) is 17.2 Å². The number of hydrogen-bond acceptors (Lipinski definition) is 2. The Morgan fingerprint density at radius 2 is 1.78 bits per heavy atom. The minimum absolute atomic E-state index is 0.0852. The normalized spacial score (nSPS) is 11.9. The van der Waals surface area contributed by atoms with Crippen molar-refractivity contribution in [1.29, 1.82) is 5.26 Å². The molecule has 0 saturated heterocycles. The molecule has 0 radical (unpaired) electrons. The van der Waals surface area contributed by atoms with Crippen LogP contribution in [0.2, 0.25) is 0 Å². The van der Waals surface area contributed by atoms with Crippen molar-refractivity contribution in [2.24, 2.45) is 4.99 Å². The van der Waals surface area contributed by atoms with Crippen molar-refractivity contribution in [2.45, 2.75) is 26.3 Å². The summed E-state index contributed by atoms with van der Waals surface area (Å²) < 4.78 is 26.0. The fourth-order valence-electron chi connectivity index (χ4n) is 1.23. The van der Waals surface area contributed by atoms with Crippen LogP contribution in [0.5, 0.6) is 0 Å². The maximum Gasteiger partial charge on any atom is 0.210 e. The summed E-state index contributed by atoms with van der Waals surface area (Å²) in [4.78, 5) is 3.95. The molecule has 0 bridgehead atoms. The van der Waals surface area contributed by atoms with E-state index in [9.17, 15) is 8.78 Å². The Morgan fingerprint density at radius 1 is 1.22 bits per heavy atom. The van der Waals surface area contributed by atoms with Gasteiger partial charge in [0.25, 0.3) is 0 Å². The van der Waals surface area contributed by atoms with Crippen molar-refractivity contribution in [1.82, 2.24) is 10.6 Å². The first kappa shape index (κ1) is 13.9. The van der Waals surface area contributed by atoms with Gasteiger partial charge in [0, 0.05) is 11.6 Å². The third-order valence-electron chi connectivity index (χ3n) is 1.76. The van der Waals surface area contributed by atoms with Crippen molar-refractivity contribution < 1.29 is 8.78 Å². The fourth-order valence-corrected chi connectivity index (χ4v) is 1.23. The highest BCUT2D eigenvalue weighted by atomic mass is 19.1. The highest BCUT2D eigenvalue weighted by Crippen LogP contribution is 2.16. The number of hydrogen-bond donors (Lipinski definition) is 2. The third-order valence-corrected chi connectivity index (χ3v) is 1.76. The minimum atomic E-state index is -0.721. The fraction of sp³-hybridized carbons (Fsp3) is 0.333. The van der Waals surface area contributed by atoms with Crippen molar-refractivity contribution in [3.63, 3.8) is 0 Å². The second kappa shape index (κ2) is 5.45. The lowest BCUT2D eigenvalue weighted by molar-refractivity contribution is 0.506. The van der Waals surface area contributed by atoms with Gasteiger partial charge in [0.2, 0.25) is 5.96 Å². The molecule has 96 valence electrons. The van der Waals surface area contributed by atoms with E-state index in [1.54, 1.807) is 6.19 Å². The topological polar surface area (TPSA) is 60.2 Å². The lowest BCUT2D eigenvalue weighted by Gasteiger charge is -2.22. The van der Waals surface area contributed by atoms with Crippen LogP contribution in [0.15, 0.2) is 23.2 Å². The van der Waals surface area contributed by atoms with Gasteiger partial charge in [-0.25, -0.2) is 13.8 Å². The molecule has 0 aliphatic rings. The molecule has 6 heteroatoms. The molecule has 0 fully saturated rings. The van der Waals surface area contributed by atoms with Crippen LogP contribution in [0.25, 0.3) is 0 Å². The van der Waals surface area contributed by atoms with Crippen molar-refractivity contribution in [3.8, 4) is 6.19 Å². The van der Waals surface area contributed by atoms with Crippen LogP contribution in [-0.2, 0) is 0 Å². The molecule has 18 heavy (non-hydrogen) atoms. The summed E-state index contributed by atoms with van der Waals surface area (Å²) in [6, 6.07) is 2.91. The summed E-state index contributed by atoms with van der Waals surface area (Å²) in [5, 5.41) is 13.8. The van der Waals surface area contributed by atoms with Crippen molar-refractivity contribution in [2.75, 3.05) is 0 Å². The molecule has 0 unspecified atom stereocenters. The number of aliphatic imine (C=N–C) groups is 1. The van der Waals surface area contributed by atoms with Gasteiger partial charge in [0.1, 0.15) is 11.6 Å². The molecule has 4 nitrogen and oxygen atoms in total. The molecule has 0 saturated carbocycles. The van der Waals surface area contributed by atoms with Gasteiger partial charge in [-0.2, -0.15) is 5.26 Å². The van der Waals surface area contributed by atoms with Gasteiger partial charge in [-0.1, -0.05) is 0 Å². The van der Waals surface area contributed by atoms with Crippen LogP contribution >= 0.6 is 0 Å². The molecule has 1 aromatic rings. The molecule has 0 aliphatic carbocycles. The first-order valence-corrected chi connectivity index (χ1v) is 5.28. The summed E-state index contributed by atoms with van der Waals surface area (Å²) in [5.41, 5.74) is -0.254. The van der Waals surface area contributed by atoms with Crippen LogP contribution in [0.3, 0.4) is 0 Å². The Labute approximate surface area is 104 Å². The van der Waals surface area contributed by atoms with Gasteiger partial charge in [0.15, 0.2) is 6.19 Å². The molecule has 0 amide bonds. The van der Waals surface area contributed by atoms with E-state index in [0.29, 0.717) is 0 Å². The Bertz CT molecular complexity index is 478. The zero-order chi connectivity index (χ0) is 13.8. The highest BCUT2D eigenvalue weighted by molar-refractivity contribution is 5.84. The Morgan fingerprint density at radius 3 is 2.22 bits per heavy atom. The first-order valence-electron chi connectivity index (χ1n) is 5.28. The second-order valence-electron chi connectivity index (χ2n) is 4.70. The van der Waals surface area contributed by atoms with Crippen molar-refractivity contribution >= 4 is 11.6 Å². The standard InChI is InChI=1S/C12H14F2N4/c1-12(2,3)18-11(16-7-15)17-10-5-8(13)4-9(14)6-10/h4-6H,1-3H3,(H2,16,17,18). The van der Waals surface area contributed by atoms with Crippen LogP contribution in [0.1, 0.15) is 20.8 Å². The van der Waals surface area contributed by atoms with E-state index < -0.39 is 11.6 Å². The maximum atomic E-state index is 13.0. The van der Waals surface area contributed by atoms with Gasteiger partial charge in [-0.3, -0.25) is 5.32 Å². The SMILES string of the molecule is CC(C)(C)N/C(=N\c1cc(F)cc(F)c1)NC#N. The third kappa shape index (κ3) is 4.78. The second-order valence-corrected chi connectivity index (χ2v) is 4.70. The zero-order valence-corrected chi connectivity index (χ0v) is 10.4. The van der Waals surface area contributed by atoms with Crippen molar-refractivity contribution in [3.05, 3.63) is 29.8 Å². The maximum absolute atomic E-state index is 13.0. The van der Waals surface area contributed by atoms with Gasteiger partial charge in [-0.05, 0) is 32.9 Å². The van der Waals surface area contributed by atoms with E-state index >= 15 is 0 Å². The smallest absolute Gasteiger partial charge is 0.210 e. The number of rotatable bonds is 1. The van der Waals surface area contributed by atoms with Crippen LogP contribution in [-0.4, -0.2) is 11.5 Å². The summed E-state index contributed by atoms with van der Waals surface area (Å²) >= 11 is 0. The van der Waals surface area contributed by atoms with Gasteiger partial charge >= 0.3 is 0 Å². The highest BCUT2D eigenvalue weighted by Gasteiger charge is 2.12. The predicted molar refractivity (Wildman–Crippen MR) is 65.1 cm³/mol. The number of guanidine groups is 1. The Hall–Kier alpha value is -2.16. The first-order chi connectivity index (χ1) is 8.30. The number of nitrogens with one attached hydrogen (secondary N) is 2. The van der Waals surface area contributed by atoms with Crippen LogP contribution in [0, 0.1) is 23.1 Å². The van der Waals surface area contributed by atoms with Gasteiger partial charge in [0.05, 0.1) is 5.69 Å².